The quantitative estimate of drug-likeness (QED) is 0.694. The highest BCUT2D eigenvalue weighted by atomic mass is 19.1. The molecule has 1 atom stereocenters. The highest BCUT2D eigenvalue weighted by Crippen LogP contribution is 2.18. The summed E-state index contributed by atoms with van der Waals surface area (Å²) in [7, 11) is 0. The molecule has 138 valence electrons. The lowest BCUT2D eigenvalue weighted by Gasteiger charge is -2.16. The van der Waals surface area contributed by atoms with Crippen LogP contribution in [0.15, 0.2) is 24.3 Å². The zero-order valence-corrected chi connectivity index (χ0v) is 15.0. The van der Waals surface area contributed by atoms with E-state index < -0.39 is 0 Å². The van der Waals surface area contributed by atoms with E-state index in [2.05, 4.69) is 5.32 Å². The Balaban J connectivity index is 1.69. The summed E-state index contributed by atoms with van der Waals surface area (Å²) >= 11 is 0. The zero-order chi connectivity index (χ0) is 18.2. The number of nitrogens with one attached hydrogen (secondary N) is 1. The molecule has 1 aliphatic rings. The number of carbonyl (C=O) groups excluding carboxylic acids is 2. The van der Waals surface area contributed by atoms with E-state index in [9.17, 15) is 14.0 Å². The number of likely N-dealkylation sites (tertiary alicyclic amines) is 1. The molecule has 0 radical (unpaired) electrons. The van der Waals surface area contributed by atoms with Crippen molar-refractivity contribution in [2.24, 2.45) is 5.92 Å². The summed E-state index contributed by atoms with van der Waals surface area (Å²) in [5, 5.41) is 2.88. The van der Waals surface area contributed by atoms with Gasteiger partial charge in [-0.25, -0.2) is 4.39 Å². The first-order chi connectivity index (χ1) is 12.0. The van der Waals surface area contributed by atoms with E-state index in [0.717, 1.165) is 12.0 Å². The van der Waals surface area contributed by atoms with Crippen LogP contribution in [-0.2, 0) is 20.7 Å². The number of amides is 2. The first kappa shape index (κ1) is 19.4. The molecule has 1 fully saturated rings. The smallest absolute Gasteiger partial charge is 0.225 e. The molecule has 2 amide bonds. The molecule has 5 nitrogen and oxygen atoms in total. The van der Waals surface area contributed by atoms with Crippen LogP contribution in [0.3, 0.4) is 0 Å². The Labute approximate surface area is 148 Å². The molecule has 1 heterocycles. The number of hydrogen-bond donors (Lipinski definition) is 1. The van der Waals surface area contributed by atoms with E-state index in [-0.39, 0.29) is 36.1 Å². The lowest BCUT2D eigenvalue weighted by atomic mass is 10.1. The number of ether oxygens (including phenoxy) is 1. The van der Waals surface area contributed by atoms with Crippen molar-refractivity contribution in [3.8, 4) is 0 Å². The predicted molar refractivity (Wildman–Crippen MR) is 93.5 cm³/mol. The molecule has 1 aliphatic heterocycles. The third kappa shape index (κ3) is 6.46. The van der Waals surface area contributed by atoms with Gasteiger partial charge in [-0.1, -0.05) is 12.1 Å². The molecule has 0 spiro atoms. The number of hydrogen-bond acceptors (Lipinski definition) is 3. The molecule has 2 rings (SSSR count). The molecule has 1 aromatic rings. The molecule has 6 heteroatoms. The van der Waals surface area contributed by atoms with E-state index in [1.54, 1.807) is 17.0 Å². The third-order valence-electron chi connectivity index (χ3n) is 4.24. The molecular formula is C19H27FN2O3. The molecular weight excluding hydrogens is 323 g/mol. The van der Waals surface area contributed by atoms with Crippen LogP contribution in [0.2, 0.25) is 0 Å². The van der Waals surface area contributed by atoms with Gasteiger partial charge in [0.25, 0.3) is 0 Å². The Morgan fingerprint density at radius 1 is 1.36 bits per heavy atom. The summed E-state index contributed by atoms with van der Waals surface area (Å²) in [4.78, 5) is 26.0. The maximum atomic E-state index is 12.9. The van der Waals surface area contributed by atoms with Crippen LogP contribution in [-0.4, -0.2) is 49.1 Å². The first-order valence-electron chi connectivity index (χ1n) is 8.87. The fraction of sp³-hybridized carbons (Fsp3) is 0.579. The first-order valence-corrected chi connectivity index (χ1v) is 8.87. The summed E-state index contributed by atoms with van der Waals surface area (Å²) < 4.78 is 18.3. The zero-order valence-electron chi connectivity index (χ0n) is 15.0. The highest BCUT2D eigenvalue weighted by Gasteiger charge is 2.33. The summed E-state index contributed by atoms with van der Waals surface area (Å²) in [5.41, 5.74) is 0.979. The average molecular weight is 350 g/mol. The van der Waals surface area contributed by atoms with Crippen LogP contribution in [0.25, 0.3) is 0 Å². The van der Waals surface area contributed by atoms with Gasteiger partial charge in [-0.15, -0.1) is 0 Å². The summed E-state index contributed by atoms with van der Waals surface area (Å²) in [6.45, 7) is 6.13. The second-order valence-corrected chi connectivity index (χ2v) is 6.68. The number of halogens is 1. The molecule has 0 aromatic heterocycles. The van der Waals surface area contributed by atoms with E-state index in [1.807, 2.05) is 13.8 Å². The Kier molecular flexibility index (Phi) is 7.37. The van der Waals surface area contributed by atoms with Crippen molar-refractivity contribution in [1.29, 1.82) is 0 Å². The van der Waals surface area contributed by atoms with Gasteiger partial charge in [0, 0.05) is 32.7 Å². The van der Waals surface area contributed by atoms with Gasteiger partial charge in [-0.05, 0) is 44.4 Å². The van der Waals surface area contributed by atoms with Gasteiger partial charge < -0.3 is 15.0 Å². The number of benzene rings is 1. The summed E-state index contributed by atoms with van der Waals surface area (Å²) in [6.07, 6.45) is 1.88. The number of rotatable bonds is 9. The van der Waals surface area contributed by atoms with Crippen LogP contribution in [0, 0.1) is 11.7 Å². The molecule has 25 heavy (non-hydrogen) atoms. The van der Waals surface area contributed by atoms with Gasteiger partial charge in [0.05, 0.1) is 12.0 Å². The Morgan fingerprint density at radius 3 is 2.76 bits per heavy atom. The van der Waals surface area contributed by atoms with Gasteiger partial charge in [-0.3, -0.25) is 9.59 Å². The minimum Gasteiger partial charge on any atom is -0.379 e. The van der Waals surface area contributed by atoms with Gasteiger partial charge in [0.2, 0.25) is 11.8 Å². The molecule has 0 saturated carbocycles. The normalized spacial score (nSPS) is 17.4. The summed E-state index contributed by atoms with van der Waals surface area (Å²) in [5.74, 6) is -0.615. The van der Waals surface area contributed by atoms with Gasteiger partial charge in [-0.2, -0.15) is 0 Å². The fourth-order valence-electron chi connectivity index (χ4n) is 2.83. The number of nitrogens with zero attached hydrogens (tertiary/aromatic N) is 1. The van der Waals surface area contributed by atoms with Gasteiger partial charge >= 0.3 is 0 Å². The fourth-order valence-corrected chi connectivity index (χ4v) is 2.83. The van der Waals surface area contributed by atoms with Crippen molar-refractivity contribution >= 4 is 11.8 Å². The van der Waals surface area contributed by atoms with E-state index in [1.165, 1.54) is 12.1 Å². The van der Waals surface area contributed by atoms with Gasteiger partial charge in [0.15, 0.2) is 0 Å². The Bertz CT molecular complexity index is 575. The maximum absolute atomic E-state index is 12.9. The third-order valence-corrected chi connectivity index (χ3v) is 4.24. The molecule has 0 aliphatic carbocycles. The van der Waals surface area contributed by atoms with Crippen molar-refractivity contribution in [2.45, 2.75) is 39.2 Å². The van der Waals surface area contributed by atoms with Gasteiger partial charge in [0.1, 0.15) is 5.82 Å². The lowest BCUT2D eigenvalue weighted by molar-refractivity contribution is -0.129. The van der Waals surface area contributed by atoms with E-state index in [4.69, 9.17) is 4.74 Å². The highest BCUT2D eigenvalue weighted by molar-refractivity contribution is 5.89. The van der Waals surface area contributed by atoms with Crippen molar-refractivity contribution in [2.75, 3.05) is 26.2 Å². The van der Waals surface area contributed by atoms with E-state index >= 15 is 0 Å². The standard InChI is InChI=1S/C19H27FN2O3/c1-14(2)25-11-3-9-21-19(24)16-12-18(23)22(13-16)10-8-15-4-6-17(20)7-5-15/h4-7,14,16H,3,8-13H2,1-2H3,(H,21,24)/t16-/m0/s1. The number of carbonyl (C=O) groups is 2. The monoisotopic (exact) mass is 350 g/mol. The van der Waals surface area contributed by atoms with Crippen LogP contribution in [0.4, 0.5) is 4.39 Å². The second kappa shape index (κ2) is 9.51. The average Bonchev–Trinajstić information content (AvgIpc) is 2.94. The van der Waals surface area contributed by atoms with Crippen molar-refractivity contribution in [3.63, 3.8) is 0 Å². The minimum absolute atomic E-state index is 0.00500. The van der Waals surface area contributed by atoms with Crippen molar-refractivity contribution < 1.29 is 18.7 Å². The predicted octanol–water partition coefficient (Wildman–Crippen LogP) is 2.15. The van der Waals surface area contributed by atoms with Crippen LogP contribution >= 0.6 is 0 Å². The molecule has 0 unspecified atom stereocenters. The summed E-state index contributed by atoms with van der Waals surface area (Å²) in [6, 6.07) is 6.28. The molecule has 1 N–H and O–H groups in total. The van der Waals surface area contributed by atoms with Crippen LogP contribution < -0.4 is 5.32 Å². The molecule has 1 saturated heterocycles. The van der Waals surface area contributed by atoms with Crippen molar-refractivity contribution in [1.82, 2.24) is 10.2 Å². The van der Waals surface area contributed by atoms with Crippen LogP contribution in [0.5, 0.6) is 0 Å². The molecule has 1 aromatic carbocycles. The van der Waals surface area contributed by atoms with E-state index in [0.29, 0.717) is 32.7 Å². The van der Waals surface area contributed by atoms with Crippen molar-refractivity contribution in [3.05, 3.63) is 35.6 Å². The lowest BCUT2D eigenvalue weighted by Crippen LogP contribution is -2.34. The SMILES string of the molecule is CC(C)OCCCNC(=O)[C@H]1CC(=O)N(CCc2ccc(F)cc2)C1. The minimum atomic E-state index is -0.285. The maximum Gasteiger partial charge on any atom is 0.225 e. The Hall–Kier alpha value is -1.95. The largest absolute Gasteiger partial charge is 0.379 e. The second-order valence-electron chi connectivity index (χ2n) is 6.68. The molecule has 0 bridgehead atoms. The van der Waals surface area contributed by atoms with Crippen LogP contribution in [0.1, 0.15) is 32.3 Å². The Morgan fingerprint density at radius 2 is 2.08 bits per heavy atom. The topological polar surface area (TPSA) is 58.6 Å².